The molecule has 7 heteroatoms. The molecule has 1 aliphatic carbocycles. The Balaban J connectivity index is 2.00. The van der Waals surface area contributed by atoms with Crippen molar-refractivity contribution in [3.63, 3.8) is 0 Å². The number of halogens is 1. The fourth-order valence-corrected chi connectivity index (χ4v) is 3.45. The Morgan fingerprint density at radius 2 is 2.13 bits per heavy atom. The highest BCUT2D eigenvalue weighted by atomic mass is 32.2. The predicted molar refractivity (Wildman–Crippen MR) is 89.8 cm³/mol. The SMILES string of the molecule is CC(CS(C)=O)NC(=O)Nc1ccc(F)cc1OC1CCCC1. The Kier molecular flexibility index (Phi) is 6.38. The highest BCUT2D eigenvalue weighted by Gasteiger charge is 2.19. The van der Waals surface area contributed by atoms with E-state index in [0.717, 1.165) is 25.7 Å². The maximum absolute atomic E-state index is 13.5. The average molecular weight is 342 g/mol. The molecule has 1 saturated carbocycles. The first-order valence-electron chi connectivity index (χ1n) is 7.78. The van der Waals surface area contributed by atoms with Crippen LogP contribution >= 0.6 is 0 Å². The molecule has 23 heavy (non-hydrogen) atoms. The van der Waals surface area contributed by atoms with E-state index in [2.05, 4.69) is 10.6 Å². The van der Waals surface area contributed by atoms with Gasteiger partial charge in [0.15, 0.2) is 0 Å². The van der Waals surface area contributed by atoms with E-state index in [9.17, 15) is 13.4 Å². The lowest BCUT2D eigenvalue weighted by atomic mass is 10.2. The second-order valence-corrected chi connectivity index (χ2v) is 7.38. The third-order valence-electron chi connectivity index (χ3n) is 3.65. The van der Waals surface area contributed by atoms with Crippen molar-refractivity contribution in [1.29, 1.82) is 0 Å². The largest absolute Gasteiger partial charge is 0.488 e. The lowest BCUT2D eigenvalue weighted by molar-refractivity contribution is 0.210. The number of carbonyl (C=O) groups is 1. The monoisotopic (exact) mass is 342 g/mol. The first-order valence-corrected chi connectivity index (χ1v) is 9.50. The van der Waals surface area contributed by atoms with E-state index in [1.165, 1.54) is 18.2 Å². The van der Waals surface area contributed by atoms with Crippen LogP contribution in [-0.2, 0) is 10.8 Å². The van der Waals surface area contributed by atoms with Crippen molar-refractivity contribution in [2.75, 3.05) is 17.3 Å². The molecule has 128 valence electrons. The topological polar surface area (TPSA) is 67.4 Å². The minimum atomic E-state index is -0.986. The molecule has 1 aliphatic rings. The number of urea groups is 1. The zero-order valence-electron chi connectivity index (χ0n) is 13.4. The summed E-state index contributed by atoms with van der Waals surface area (Å²) in [6.07, 6.45) is 5.76. The molecule has 0 bridgehead atoms. The van der Waals surface area contributed by atoms with E-state index >= 15 is 0 Å². The van der Waals surface area contributed by atoms with E-state index in [1.54, 1.807) is 13.2 Å². The Hall–Kier alpha value is -1.63. The number of amides is 2. The molecule has 1 aromatic rings. The van der Waals surface area contributed by atoms with Gasteiger partial charge >= 0.3 is 6.03 Å². The van der Waals surface area contributed by atoms with Crippen LogP contribution in [0.25, 0.3) is 0 Å². The molecule has 0 saturated heterocycles. The van der Waals surface area contributed by atoms with Gasteiger partial charge in [-0.2, -0.15) is 0 Å². The Labute approximate surface area is 138 Å². The van der Waals surface area contributed by atoms with E-state index in [0.29, 0.717) is 17.2 Å². The number of hydrogen-bond acceptors (Lipinski definition) is 3. The minimum Gasteiger partial charge on any atom is -0.488 e. The Morgan fingerprint density at radius 1 is 1.43 bits per heavy atom. The van der Waals surface area contributed by atoms with E-state index < -0.39 is 22.6 Å². The van der Waals surface area contributed by atoms with Crippen LogP contribution in [0.1, 0.15) is 32.6 Å². The van der Waals surface area contributed by atoms with Crippen molar-refractivity contribution < 1.29 is 18.1 Å². The molecule has 0 heterocycles. The molecule has 2 rings (SSSR count). The number of rotatable bonds is 6. The number of anilines is 1. The van der Waals surface area contributed by atoms with Gasteiger partial charge in [-0.1, -0.05) is 0 Å². The summed E-state index contributed by atoms with van der Waals surface area (Å²) in [5.41, 5.74) is 0.431. The van der Waals surface area contributed by atoms with Gasteiger partial charge in [-0.05, 0) is 44.7 Å². The zero-order valence-corrected chi connectivity index (χ0v) is 14.2. The summed E-state index contributed by atoms with van der Waals surface area (Å²) in [5, 5.41) is 5.38. The third kappa shape index (κ3) is 5.82. The highest BCUT2D eigenvalue weighted by Crippen LogP contribution is 2.30. The van der Waals surface area contributed by atoms with Crippen molar-refractivity contribution in [1.82, 2.24) is 5.32 Å². The van der Waals surface area contributed by atoms with Crippen molar-refractivity contribution >= 4 is 22.5 Å². The van der Waals surface area contributed by atoms with Crippen LogP contribution in [0.5, 0.6) is 5.75 Å². The fraction of sp³-hybridized carbons (Fsp3) is 0.562. The number of carbonyl (C=O) groups excluding carboxylic acids is 1. The molecule has 2 atom stereocenters. The molecule has 0 radical (unpaired) electrons. The standard InChI is InChI=1S/C16H23FN2O3S/c1-11(10-23(2)21)18-16(20)19-14-8-7-12(17)9-15(14)22-13-5-3-4-6-13/h7-9,11,13H,3-6,10H2,1-2H3,(H2,18,19,20). The number of ether oxygens (including phenoxy) is 1. The van der Waals surface area contributed by atoms with E-state index in [1.807, 2.05) is 0 Å². The molecule has 1 aromatic carbocycles. The Bertz CT molecular complexity index is 576. The van der Waals surface area contributed by atoms with Gasteiger partial charge in [0.1, 0.15) is 11.6 Å². The summed E-state index contributed by atoms with van der Waals surface area (Å²) >= 11 is 0. The maximum Gasteiger partial charge on any atom is 0.319 e. The lowest BCUT2D eigenvalue weighted by Gasteiger charge is -2.18. The van der Waals surface area contributed by atoms with Crippen molar-refractivity contribution in [2.45, 2.75) is 44.8 Å². The molecule has 1 fully saturated rings. The Morgan fingerprint density at radius 3 is 2.78 bits per heavy atom. The second-order valence-electron chi connectivity index (χ2n) is 5.90. The first kappa shape index (κ1) is 17.7. The molecule has 0 spiro atoms. The van der Waals surface area contributed by atoms with E-state index in [-0.39, 0.29) is 12.1 Å². The fourth-order valence-electron chi connectivity index (χ4n) is 2.66. The lowest BCUT2D eigenvalue weighted by Crippen LogP contribution is -2.39. The number of nitrogens with one attached hydrogen (secondary N) is 2. The predicted octanol–water partition coefficient (Wildman–Crippen LogP) is 3.04. The van der Waals surface area contributed by atoms with Gasteiger partial charge in [0, 0.05) is 34.9 Å². The number of hydrogen-bond donors (Lipinski definition) is 2. The van der Waals surface area contributed by atoms with Crippen LogP contribution in [0.15, 0.2) is 18.2 Å². The van der Waals surface area contributed by atoms with Crippen molar-refractivity contribution in [3.05, 3.63) is 24.0 Å². The van der Waals surface area contributed by atoms with Crippen molar-refractivity contribution in [2.24, 2.45) is 0 Å². The van der Waals surface area contributed by atoms with Crippen LogP contribution in [0.3, 0.4) is 0 Å². The zero-order chi connectivity index (χ0) is 16.8. The van der Waals surface area contributed by atoms with Gasteiger partial charge in [-0.15, -0.1) is 0 Å². The van der Waals surface area contributed by atoms with Gasteiger partial charge in [-0.25, -0.2) is 9.18 Å². The van der Waals surface area contributed by atoms with Gasteiger partial charge in [0.2, 0.25) is 0 Å². The molecule has 0 aliphatic heterocycles. The number of benzene rings is 1. The summed E-state index contributed by atoms with van der Waals surface area (Å²) in [4.78, 5) is 12.0. The minimum absolute atomic E-state index is 0.0712. The van der Waals surface area contributed by atoms with Crippen LogP contribution in [0.4, 0.5) is 14.9 Å². The molecule has 0 aromatic heterocycles. The summed E-state index contributed by atoms with van der Waals surface area (Å²) < 4.78 is 30.5. The second kappa shape index (κ2) is 8.29. The van der Waals surface area contributed by atoms with Crippen LogP contribution < -0.4 is 15.4 Å². The smallest absolute Gasteiger partial charge is 0.319 e. The maximum atomic E-state index is 13.5. The van der Waals surface area contributed by atoms with Gasteiger partial charge in [0.25, 0.3) is 0 Å². The molecular formula is C16H23FN2O3S. The molecule has 5 nitrogen and oxygen atoms in total. The molecule has 2 amide bonds. The van der Waals surface area contributed by atoms with Gasteiger partial charge in [-0.3, -0.25) is 4.21 Å². The molecule has 2 unspecified atom stereocenters. The van der Waals surface area contributed by atoms with Gasteiger partial charge < -0.3 is 15.4 Å². The molecule has 2 N–H and O–H groups in total. The van der Waals surface area contributed by atoms with Crippen LogP contribution in [0.2, 0.25) is 0 Å². The summed E-state index contributed by atoms with van der Waals surface area (Å²) in [6, 6.07) is 3.41. The van der Waals surface area contributed by atoms with Crippen LogP contribution in [0, 0.1) is 5.82 Å². The van der Waals surface area contributed by atoms with Crippen molar-refractivity contribution in [3.8, 4) is 5.75 Å². The third-order valence-corrected chi connectivity index (χ3v) is 4.62. The van der Waals surface area contributed by atoms with Gasteiger partial charge in [0.05, 0.1) is 11.8 Å². The van der Waals surface area contributed by atoms with Crippen LogP contribution in [-0.4, -0.2) is 34.4 Å². The van der Waals surface area contributed by atoms with E-state index in [4.69, 9.17) is 4.74 Å². The summed E-state index contributed by atoms with van der Waals surface area (Å²) in [7, 11) is -0.986. The average Bonchev–Trinajstić information content (AvgIpc) is 2.93. The summed E-state index contributed by atoms with van der Waals surface area (Å²) in [6.45, 7) is 1.78. The normalized spacial score (nSPS) is 17.5. The summed E-state index contributed by atoms with van der Waals surface area (Å²) in [5.74, 6) is 0.319. The quantitative estimate of drug-likeness (QED) is 0.835. The highest BCUT2D eigenvalue weighted by molar-refractivity contribution is 7.84. The molecular weight excluding hydrogens is 319 g/mol. The first-order chi connectivity index (χ1) is 10.9.